The highest BCUT2D eigenvalue weighted by atomic mass is 32.1. The molecule has 0 spiro atoms. The first-order chi connectivity index (χ1) is 10.7. The van der Waals surface area contributed by atoms with Gasteiger partial charge in [0.05, 0.1) is 11.6 Å². The van der Waals surface area contributed by atoms with Gasteiger partial charge in [0, 0.05) is 12.1 Å². The van der Waals surface area contributed by atoms with Crippen molar-refractivity contribution in [2.45, 2.75) is 50.8 Å². The van der Waals surface area contributed by atoms with Crippen LogP contribution in [0.4, 0.5) is 0 Å². The molecule has 4 atom stereocenters. The van der Waals surface area contributed by atoms with Crippen LogP contribution in [0.1, 0.15) is 50.8 Å². The maximum atomic E-state index is 13.0. The van der Waals surface area contributed by atoms with Gasteiger partial charge in [-0.25, -0.2) is 0 Å². The molecule has 8 heteroatoms. The van der Waals surface area contributed by atoms with E-state index in [1.807, 2.05) is 6.92 Å². The van der Waals surface area contributed by atoms with Crippen molar-refractivity contribution in [3.05, 3.63) is 22.4 Å². The van der Waals surface area contributed by atoms with E-state index in [4.69, 9.17) is 5.11 Å². The lowest BCUT2D eigenvalue weighted by molar-refractivity contribution is -0.143. The van der Waals surface area contributed by atoms with Gasteiger partial charge in [-0.15, -0.1) is 0 Å². The Morgan fingerprint density at radius 3 is 2.39 bits per heavy atom. The molecular weight excluding hydrogens is 339 g/mol. The zero-order valence-corrected chi connectivity index (χ0v) is 14.9. The molecule has 4 unspecified atom stereocenters. The first-order valence-electron chi connectivity index (χ1n) is 7.50. The Labute approximate surface area is 139 Å². The largest absolute Gasteiger partial charge is 0.481 e. The van der Waals surface area contributed by atoms with E-state index in [0.29, 0.717) is 12.0 Å². The zero-order valence-electron chi connectivity index (χ0n) is 13.2. The highest BCUT2D eigenvalue weighted by Gasteiger charge is 2.44. The second kappa shape index (κ2) is 8.62. The lowest BCUT2D eigenvalue weighted by Crippen LogP contribution is -2.30. The van der Waals surface area contributed by atoms with Crippen LogP contribution in [0, 0.1) is 5.92 Å². The van der Waals surface area contributed by atoms with Crippen LogP contribution in [0.3, 0.4) is 0 Å². The first-order valence-corrected chi connectivity index (χ1v) is 10.2. The number of carboxylic acids is 2. The number of carboxylic acid groups (broad SMARTS) is 2. The molecule has 0 radical (unpaired) electrons. The van der Waals surface area contributed by atoms with Crippen molar-refractivity contribution in [2.24, 2.45) is 5.92 Å². The molecule has 6 nitrogen and oxygen atoms in total. The topological polar surface area (TPSA) is 112 Å². The Kier molecular flexibility index (Phi) is 7.45. The van der Waals surface area contributed by atoms with Gasteiger partial charge >= 0.3 is 11.9 Å². The van der Waals surface area contributed by atoms with E-state index in [1.54, 1.807) is 23.8 Å². The van der Waals surface area contributed by atoms with Gasteiger partial charge in [0.2, 0.25) is 7.37 Å². The van der Waals surface area contributed by atoms with Crippen LogP contribution in [0.25, 0.3) is 0 Å². The second-order valence-corrected chi connectivity index (χ2v) is 9.20. The Morgan fingerprint density at radius 2 is 1.96 bits per heavy atom. The summed E-state index contributed by atoms with van der Waals surface area (Å²) in [6.45, 7) is 3.44. The fourth-order valence-corrected chi connectivity index (χ4v) is 6.15. The predicted octanol–water partition coefficient (Wildman–Crippen LogP) is 3.81. The van der Waals surface area contributed by atoms with E-state index in [1.165, 1.54) is 11.3 Å². The van der Waals surface area contributed by atoms with Crippen molar-refractivity contribution in [1.29, 1.82) is 0 Å². The highest BCUT2D eigenvalue weighted by molar-refractivity contribution is 7.59. The smallest absolute Gasteiger partial charge is 0.307 e. The van der Waals surface area contributed by atoms with Crippen LogP contribution in [0.15, 0.2) is 16.8 Å². The van der Waals surface area contributed by atoms with Crippen LogP contribution in [-0.4, -0.2) is 32.7 Å². The van der Waals surface area contributed by atoms with E-state index in [0.717, 1.165) is 0 Å². The molecule has 0 aromatic carbocycles. The molecule has 0 aliphatic heterocycles. The van der Waals surface area contributed by atoms with E-state index in [2.05, 4.69) is 0 Å². The van der Waals surface area contributed by atoms with Crippen LogP contribution >= 0.6 is 18.7 Å². The summed E-state index contributed by atoms with van der Waals surface area (Å²) in [5, 5.41) is 21.8. The molecule has 1 rings (SSSR count). The molecule has 0 fully saturated rings. The van der Waals surface area contributed by atoms with E-state index < -0.39 is 36.5 Å². The molecule has 130 valence electrons. The molecule has 0 bridgehead atoms. The lowest BCUT2D eigenvalue weighted by atomic mass is 9.96. The minimum atomic E-state index is -3.84. The summed E-state index contributed by atoms with van der Waals surface area (Å²) in [5.41, 5.74) is -0.902. The molecule has 0 saturated carbocycles. The van der Waals surface area contributed by atoms with Gasteiger partial charge in [-0.2, -0.15) is 11.3 Å². The van der Waals surface area contributed by atoms with Gasteiger partial charge in [0.1, 0.15) is 0 Å². The van der Waals surface area contributed by atoms with Gasteiger partial charge in [0.25, 0.3) is 0 Å². The third kappa shape index (κ3) is 5.16. The molecule has 0 aliphatic carbocycles. The van der Waals surface area contributed by atoms with Gasteiger partial charge in [-0.3, -0.25) is 14.2 Å². The summed E-state index contributed by atoms with van der Waals surface area (Å²) in [6.07, 6.45) is 0.363. The fraction of sp³-hybridized carbons (Fsp3) is 0.600. The SMILES string of the molecule is CCCC(C(CCC(=O)O)C(=O)O)P(=O)(O)C(C)c1ccsc1. The summed E-state index contributed by atoms with van der Waals surface area (Å²) in [6, 6.07) is 1.76. The van der Waals surface area contributed by atoms with Crippen molar-refractivity contribution >= 4 is 30.6 Å². The first kappa shape index (κ1) is 19.9. The third-order valence-corrected chi connectivity index (χ3v) is 7.77. The van der Waals surface area contributed by atoms with E-state index in [9.17, 15) is 24.2 Å². The number of thiophene rings is 1. The molecule has 0 aliphatic rings. The Hall–Kier alpha value is -1.17. The van der Waals surface area contributed by atoms with Crippen LogP contribution in [0.2, 0.25) is 0 Å². The molecule has 0 saturated heterocycles. The second-order valence-electron chi connectivity index (χ2n) is 5.64. The predicted molar refractivity (Wildman–Crippen MR) is 89.3 cm³/mol. The van der Waals surface area contributed by atoms with Crippen molar-refractivity contribution in [1.82, 2.24) is 0 Å². The average molecular weight is 362 g/mol. The summed E-state index contributed by atoms with van der Waals surface area (Å²) in [7, 11) is -3.84. The Balaban J connectivity index is 3.11. The van der Waals surface area contributed by atoms with Crippen LogP contribution in [-0.2, 0) is 14.2 Å². The number of rotatable bonds is 10. The number of aliphatic carboxylic acids is 2. The zero-order chi connectivity index (χ0) is 17.6. The molecule has 0 amide bonds. The van der Waals surface area contributed by atoms with Crippen molar-refractivity contribution in [3.8, 4) is 0 Å². The van der Waals surface area contributed by atoms with E-state index in [-0.39, 0.29) is 19.3 Å². The number of hydrogen-bond donors (Lipinski definition) is 3. The summed E-state index contributed by atoms with van der Waals surface area (Å²) in [4.78, 5) is 33.0. The summed E-state index contributed by atoms with van der Waals surface area (Å²) < 4.78 is 13.0. The molecule has 1 heterocycles. The molecule has 1 aromatic heterocycles. The Bertz CT molecular complexity index is 571. The van der Waals surface area contributed by atoms with Crippen LogP contribution < -0.4 is 0 Å². The van der Waals surface area contributed by atoms with Gasteiger partial charge in [0.15, 0.2) is 0 Å². The lowest BCUT2D eigenvalue weighted by Gasteiger charge is -2.31. The molecule has 1 aromatic rings. The number of hydrogen-bond acceptors (Lipinski definition) is 4. The number of carbonyl (C=O) groups is 2. The normalized spacial score (nSPS) is 17.9. The van der Waals surface area contributed by atoms with E-state index >= 15 is 0 Å². The molecule has 23 heavy (non-hydrogen) atoms. The third-order valence-electron chi connectivity index (χ3n) is 4.09. The molecular formula is C15H23O6PS. The van der Waals surface area contributed by atoms with Gasteiger partial charge < -0.3 is 15.1 Å². The van der Waals surface area contributed by atoms with Crippen LogP contribution in [0.5, 0.6) is 0 Å². The molecule has 3 N–H and O–H groups in total. The highest BCUT2D eigenvalue weighted by Crippen LogP contribution is 2.62. The maximum absolute atomic E-state index is 13.0. The van der Waals surface area contributed by atoms with Gasteiger partial charge in [-0.1, -0.05) is 13.3 Å². The summed E-state index contributed by atoms with van der Waals surface area (Å²) in [5.74, 6) is -3.45. The monoisotopic (exact) mass is 362 g/mol. The standard InChI is InChI=1S/C15H23O6PS/c1-3-4-13(12(15(18)19)5-6-14(16)17)22(20,21)10(2)11-7-8-23-9-11/h7-10,12-13H,3-6H2,1-2H3,(H,16,17)(H,18,19)(H,20,21). The maximum Gasteiger partial charge on any atom is 0.307 e. The average Bonchev–Trinajstić information content (AvgIpc) is 2.98. The minimum absolute atomic E-state index is 0.143. The minimum Gasteiger partial charge on any atom is -0.481 e. The van der Waals surface area contributed by atoms with Crippen molar-refractivity contribution < 1.29 is 29.3 Å². The quantitative estimate of drug-likeness (QED) is 0.546. The van der Waals surface area contributed by atoms with Crippen molar-refractivity contribution in [2.75, 3.05) is 0 Å². The fourth-order valence-electron chi connectivity index (χ4n) is 2.71. The van der Waals surface area contributed by atoms with Gasteiger partial charge in [-0.05, 0) is 42.2 Å². The Morgan fingerprint density at radius 1 is 1.30 bits per heavy atom. The van der Waals surface area contributed by atoms with Crippen molar-refractivity contribution in [3.63, 3.8) is 0 Å². The summed E-state index contributed by atoms with van der Waals surface area (Å²) >= 11 is 1.41.